The van der Waals surface area contributed by atoms with Gasteiger partial charge >= 0.3 is 0 Å². The minimum atomic E-state index is -4.09. The molecule has 3 rings (SSSR count). The fourth-order valence-corrected chi connectivity index (χ4v) is 5.90. The number of rotatable bonds is 12. The Morgan fingerprint density at radius 1 is 0.923 bits per heavy atom. The number of carbonyl (C=O) groups excluding carboxylic acids is 2. The van der Waals surface area contributed by atoms with E-state index in [4.69, 9.17) is 4.74 Å². The average molecular weight is 552 g/mol. The van der Waals surface area contributed by atoms with Gasteiger partial charge in [0.05, 0.1) is 17.7 Å². The van der Waals surface area contributed by atoms with Crippen LogP contribution in [0.5, 0.6) is 5.75 Å². The van der Waals surface area contributed by atoms with Gasteiger partial charge in [-0.1, -0.05) is 43.3 Å². The zero-order valence-electron chi connectivity index (χ0n) is 23.2. The molecule has 0 aliphatic carbocycles. The van der Waals surface area contributed by atoms with Gasteiger partial charge in [-0.25, -0.2) is 8.42 Å². The third-order valence-corrected chi connectivity index (χ3v) is 8.14. The number of nitrogens with one attached hydrogen (secondary N) is 1. The van der Waals surface area contributed by atoms with Crippen molar-refractivity contribution in [1.29, 1.82) is 0 Å². The quantitative estimate of drug-likeness (QED) is 0.359. The summed E-state index contributed by atoms with van der Waals surface area (Å²) < 4.78 is 34.1. The van der Waals surface area contributed by atoms with Crippen molar-refractivity contribution in [1.82, 2.24) is 10.2 Å². The second kappa shape index (κ2) is 13.3. The molecule has 0 radical (unpaired) electrons. The first-order valence-electron chi connectivity index (χ1n) is 13.0. The summed E-state index contributed by atoms with van der Waals surface area (Å²) in [6.45, 7) is 7.48. The normalized spacial score (nSPS) is 11.9. The van der Waals surface area contributed by atoms with Gasteiger partial charge < -0.3 is 15.0 Å². The summed E-state index contributed by atoms with van der Waals surface area (Å²) in [5.74, 6) is -0.101. The number of methoxy groups -OCH3 is 1. The van der Waals surface area contributed by atoms with Crippen LogP contribution in [-0.4, -0.2) is 51.4 Å². The molecule has 208 valence electrons. The highest BCUT2D eigenvalue weighted by Gasteiger charge is 2.33. The molecule has 0 fully saturated rings. The van der Waals surface area contributed by atoms with Crippen LogP contribution >= 0.6 is 0 Å². The summed E-state index contributed by atoms with van der Waals surface area (Å²) in [5, 5.41) is 2.81. The summed E-state index contributed by atoms with van der Waals surface area (Å²) in [6.07, 6.45) is 0.364. The third-order valence-electron chi connectivity index (χ3n) is 6.35. The van der Waals surface area contributed by atoms with Gasteiger partial charge in [0.2, 0.25) is 11.8 Å². The largest absolute Gasteiger partial charge is 0.497 e. The minimum absolute atomic E-state index is 0.0782. The summed E-state index contributed by atoms with van der Waals surface area (Å²) in [6, 6.07) is 19.9. The van der Waals surface area contributed by atoms with Gasteiger partial charge in [-0.15, -0.1) is 0 Å². The molecule has 0 aliphatic heterocycles. The summed E-state index contributed by atoms with van der Waals surface area (Å²) in [4.78, 5) is 28.6. The Balaban J connectivity index is 2.07. The number of nitrogens with zero attached hydrogens (tertiary/aromatic N) is 2. The first-order valence-corrected chi connectivity index (χ1v) is 14.4. The Labute approximate surface area is 231 Å². The molecule has 0 heterocycles. The molecule has 8 nitrogen and oxygen atoms in total. The first-order chi connectivity index (χ1) is 18.6. The van der Waals surface area contributed by atoms with Crippen LogP contribution in [0.4, 0.5) is 5.69 Å². The highest BCUT2D eigenvalue weighted by molar-refractivity contribution is 7.92. The van der Waals surface area contributed by atoms with Gasteiger partial charge in [0.25, 0.3) is 10.0 Å². The van der Waals surface area contributed by atoms with Crippen molar-refractivity contribution in [2.45, 2.75) is 51.6 Å². The Hall–Kier alpha value is -3.85. The van der Waals surface area contributed by atoms with Crippen molar-refractivity contribution in [2.24, 2.45) is 0 Å². The molecule has 3 aromatic carbocycles. The monoisotopic (exact) mass is 551 g/mol. The molecule has 3 aromatic rings. The van der Waals surface area contributed by atoms with E-state index in [-0.39, 0.29) is 17.3 Å². The maximum Gasteiger partial charge on any atom is 0.264 e. The molecule has 0 saturated carbocycles. The number of hydrogen-bond donors (Lipinski definition) is 1. The van der Waals surface area contributed by atoms with E-state index in [1.165, 1.54) is 17.0 Å². The van der Waals surface area contributed by atoms with Crippen molar-refractivity contribution < 1.29 is 22.7 Å². The Kier molecular flexibility index (Phi) is 10.1. The Morgan fingerprint density at radius 3 is 2.08 bits per heavy atom. The lowest BCUT2D eigenvalue weighted by molar-refractivity contribution is -0.140. The zero-order valence-corrected chi connectivity index (χ0v) is 24.0. The van der Waals surface area contributed by atoms with Crippen molar-refractivity contribution in [3.05, 3.63) is 89.5 Å². The van der Waals surface area contributed by atoms with Crippen LogP contribution in [0.3, 0.4) is 0 Å². The van der Waals surface area contributed by atoms with Gasteiger partial charge in [0.1, 0.15) is 18.3 Å². The fraction of sp³-hybridized carbons (Fsp3) is 0.333. The van der Waals surface area contributed by atoms with Gasteiger partial charge in [-0.05, 0) is 80.3 Å². The zero-order chi connectivity index (χ0) is 28.6. The molecule has 9 heteroatoms. The van der Waals surface area contributed by atoms with Crippen LogP contribution in [0, 0.1) is 13.8 Å². The van der Waals surface area contributed by atoms with E-state index >= 15 is 0 Å². The number of benzene rings is 3. The second-order valence-electron chi connectivity index (χ2n) is 9.36. The van der Waals surface area contributed by atoms with Crippen LogP contribution in [0.1, 0.15) is 37.0 Å². The Morgan fingerprint density at radius 2 is 1.54 bits per heavy atom. The molecule has 0 aromatic heterocycles. The maximum absolute atomic E-state index is 14.0. The first kappa shape index (κ1) is 29.7. The predicted molar refractivity (Wildman–Crippen MR) is 153 cm³/mol. The summed E-state index contributed by atoms with van der Waals surface area (Å²) in [5.41, 5.74) is 2.92. The summed E-state index contributed by atoms with van der Waals surface area (Å²) in [7, 11) is -2.52. The number of anilines is 1. The van der Waals surface area contributed by atoms with Crippen LogP contribution in [0.25, 0.3) is 0 Å². The van der Waals surface area contributed by atoms with E-state index in [9.17, 15) is 18.0 Å². The number of carbonyl (C=O) groups is 2. The smallest absolute Gasteiger partial charge is 0.264 e. The van der Waals surface area contributed by atoms with E-state index in [0.29, 0.717) is 24.4 Å². The molecular weight excluding hydrogens is 514 g/mol. The molecule has 0 saturated heterocycles. The number of sulfonamides is 1. The van der Waals surface area contributed by atoms with Gasteiger partial charge in [0.15, 0.2) is 0 Å². The molecule has 0 aliphatic rings. The lowest BCUT2D eigenvalue weighted by Crippen LogP contribution is -2.52. The molecule has 2 amide bonds. The summed E-state index contributed by atoms with van der Waals surface area (Å²) >= 11 is 0. The maximum atomic E-state index is 14.0. The van der Waals surface area contributed by atoms with Gasteiger partial charge in [0, 0.05) is 13.1 Å². The van der Waals surface area contributed by atoms with E-state index in [1.807, 2.05) is 45.9 Å². The van der Waals surface area contributed by atoms with E-state index in [1.54, 1.807) is 49.6 Å². The van der Waals surface area contributed by atoms with Crippen LogP contribution in [0.2, 0.25) is 0 Å². The number of amides is 2. The highest BCUT2D eigenvalue weighted by atomic mass is 32.2. The van der Waals surface area contributed by atoms with Gasteiger partial charge in [-0.2, -0.15) is 0 Å². The SMILES string of the molecule is CCNC(=O)[C@H](CC)N(Cc1ccc(OC)cc1)C(=O)CN(c1cc(C)cc(C)c1)S(=O)(=O)c1ccccc1. The molecule has 0 spiro atoms. The minimum Gasteiger partial charge on any atom is -0.497 e. The second-order valence-corrected chi connectivity index (χ2v) is 11.2. The fourth-order valence-electron chi connectivity index (χ4n) is 4.48. The van der Waals surface area contributed by atoms with E-state index in [2.05, 4.69) is 5.32 Å². The number of hydrogen-bond acceptors (Lipinski definition) is 5. The molecule has 0 bridgehead atoms. The topological polar surface area (TPSA) is 96.0 Å². The molecule has 1 atom stereocenters. The van der Waals surface area contributed by atoms with Crippen molar-refractivity contribution >= 4 is 27.5 Å². The number of ether oxygens (including phenoxy) is 1. The molecular formula is C30H37N3O5S. The molecule has 0 unspecified atom stereocenters. The van der Waals surface area contributed by atoms with Gasteiger partial charge in [-0.3, -0.25) is 13.9 Å². The highest BCUT2D eigenvalue weighted by Crippen LogP contribution is 2.27. The lowest BCUT2D eigenvalue weighted by atomic mass is 10.1. The van der Waals surface area contributed by atoms with Crippen LogP contribution in [-0.2, 0) is 26.2 Å². The van der Waals surface area contributed by atoms with E-state index in [0.717, 1.165) is 21.0 Å². The Bertz CT molecular complexity index is 1360. The third kappa shape index (κ3) is 7.38. The average Bonchev–Trinajstić information content (AvgIpc) is 2.91. The van der Waals surface area contributed by atoms with Crippen LogP contribution < -0.4 is 14.4 Å². The molecule has 1 N–H and O–H groups in total. The van der Waals surface area contributed by atoms with Crippen molar-refractivity contribution in [3.8, 4) is 5.75 Å². The van der Waals surface area contributed by atoms with E-state index < -0.39 is 28.5 Å². The standard InChI is InChI=1S/C30H37N3O5S/c1-6-28(30(35)31-7-2)32(20-24-13-15-26(38-5)16-14-24)29(34)21-33(25-18-22(3)17-23(4)19-25)39(36,37)27-11-9-8-10-12-27/h8-19,28H,6-7,20-21H2,1-5H3,(H,31,35)/t28-/m0/s1. The van der Waals surface area contributed by atoms with Crippen molar-refractivity contribution in [2.75, 3.05) is 24.5 Å². The number of likely N-dealkylation sites (N-methyl/N-ethyl adjacent to an activating group) is 1. The van der Waals surface area contributed by atoms with Crippen LogP contribution in [0.15, 0.2) is 77.7 Å². The molecule has 39 heavy (non-hydrogen) atoms. The lowest BCUT2D eigenvalue weighted by Gasteiger charge is -2.33. The predicted octanol–water partition coefficient (Wildman–Crippen LogP) is 4.45. The number of aryl methyl sites for hydroxylation is 2. The van der Waals surface area contributed by atoms with Crippen molar-refractivity contribution in [3.63, 3.8) is 0 Å².